The number of aryl methyl sites for hydroxylation is 2. The number of benzene rings is 2. The number of aromatic nitrogens is 2. The minimum absolute atomic E-state index is 0.169. The number of nitrogens with one attached hydrogen (secondary N) is 1. The molecule has 0 aliphatic heterocycles. The summed E-state index contributed by atoms with van der Waals surface area (Å²) in [5.41, 5.74) is 4.85. The molecule has 28 heavy (non-hydrogen) atoms. The number of fused-ring (bicyclic) bond motifs is 1. The van der Waals surface area contributed by atoms with E-state index in [1.54, 1.807) is 0 Å². The monoisotopic (exact) mass is 377 g/mol. The van der Waals surface area contributed by atoms with E-state index in [1.807, 2.05) is 13.0 Å². The van der Waals surface area contributed by atoms with Gasteiger partial charge in [-0.15, -0.1) is 0 Å². The molecule has 0 fully saturated rings. The molecule has 2 aromatic carbocycles. The van der Waals surface area contributed by atoms with E-state index in [4.69, 9.17) is 4.98 Å². The Balaban J connectivity index is 1.61. The van der Waals surface area contributed by atoms with E-state index in [2.05, 4.69) is 59.3 Å². The Bertz CT molecular complexity index is 896. The van der Waals surface area contributed by atoms with Crippen LogP contribution < -0.4 is 5.32 Å². The van der Waals surface area contributed by atoms with Crippen molar-refractivity contribution in [3.05, 3.63) is 65.5 Å². The number of imidazole rings is 1. The van der Waals surface area contributed by atoms with Gasteiger partial charge >= 0.3 is 0 Å². The maximum atomic E-state index is 11.5. The second-order valence-electron chi connectivity index (χ2n) is 7.50. The minimum atomic E-state index is 0.169. The van der Waals surface area contributed by atoms with Gasteiger partial charge in [0.2, 0.25) is 5.91 Å². The molecule has 0 saturated heterocycles. The van der Waals surface area contributed by atoms with Gasteiger partial charge in [0.15, 0.2) is 0 Å². The first-order valence-corrected chi connectivity index (χ1v) is 10.4. The molecule has 3 aromatic rings. The van der Waals surface area contributed by atoms with Gasteiger partial charge in [-0.2, -0.15) is 0 Å². The van der Waals surface area contributed by atoms with Gasteiger partial charge in [-0.3, -0.25) is 4.79 Å². The minimum Gasteiger partial charge on any atom is -0.356 e. The van der Waals surface area contributed by atoms with Crippen molar-refractivity contribution in [1.29, 1.82) is 0 Å². The molecule has 1 N–H and O–H groups in total. The maximum Gasteiger partial charge on any atom is 0.219 e. The van der Waals surface area contributed by atoms with Crippen LogP contribution in [0.3, 0.4) is 0 Å². The average molecular weight is 378 g/mol. The predicted octanol–water partition coefficient (Wildman–Crippen LogP) is 5.02. The lowest BCUT2D eigenvalue weighted by molar-refractivity contribution is -0.121. The summed E-state index contributed by atoms with van der Waals surface area (Å²) in [7, 11) is 0. The van der Waals surface area contributed by atoms with Crippen LogP contribution in [0, 0.1) is 6.92 Å². The van der Waals surface area contributed by atoms with Crippen LogP contribution in [0.4, 0.5) is 0 Å². The number of hydrogen-bond acceptors (Lipinski definition) is 2. The Morgan fingerprint density at radius 1 is 1.04 bits per heavy atom. The van der Waals surface area contributed by atoms with Crippen molar-refractivity contribution in [1.82, 2.24) is 14.9 Å². The largest absolute Gasteiger partial charge is 0.356 e. The van der Waals surface area contributed by atoms with Crippen LogP contribution in [0.5, 0.6) is 0 Å². The third kappa shape index (κ3) is 5.44. The fraction of sp³-hybridized carbons (Fsp3) is 0.417. The number of hydrogen-bond donors (Lipinski definition) is 1. The van der Waals surface area contributed by atoms with Crippen molar-refractivity contribution in [3.8, 4) is 0 Å². The molecule has 0 aliphatic carbocycles. The second-order valence-corrected chi connectivity index (χ2v) is 7.50. The van der Waals surface area contributed by atoms with E-state index in [-0.39, 0.29) is 5.91 Å². The van der Waals surface area contributed by atoms with E-state index in [9.17, 15) is 4.79 Å². The summed E-state index contributed by atoms with van der Waals surface area (Å²) in [6.07, 6.45) is 5.70. The number of carbonyl (C=O) groups is 1. The van der Waals surface area contributed by atoms with E-state index in [1.165, 1.54) is 16.6 Å². The van der Waals surface area contributed by atoms with Crippen LogP contribution in [0.15, 0.2) is 48.5 Å². The lowest BCUT2D eigenvalue weighted by Gasteiger charge is -2.10. The maximum absolute atomic E-state index is 11.5. The Hall–Kier alpha value is -2.62. The van der Waals surface area contributed by atoms with Gasteiger partial charge in [0.05, 0.1) is 11.0 Å². The quantitative estimate of drug-likeness (QED) is 0.504. The zero-order valence-electron chi connectivity index (χ0n) is 17.1. The van der Waals surface area contributed by atoms with Gasteiger partial charge in [-0.05, 0) is 43.9 Å². The van der Waals surface area contributed by atoms with Gasteiger partial charge in [0.1, 0.15) is 5.82 Å². The highest BCUT2D eigenvalue weighted by Crippen LogP contribution is 2.20. The molecule has 1 amide bonds. The van der Waals surface area contributed by atoms with Crippen LogP contribution in [0.2, 0.25) is 0 Å². The fourth-order valence-corrected chi connectivity index (χ4v) is 3.50. The van der Waals surface area contributed by atoms with E-state index < -0.39 is 0 Å². The molecule has 1 aromatic heterocycles. The summed E-state index contributed by atoms with van der Waals surface area (Å²) in [6, 6.07) is 17.1. The highest BCUT2D eigenvalue weighted by Gasteiger charge is 2.10. The van der Waals surface area contributed by atoms with Crippen LogP contribution in [-0.2, 0) is 17.8 Å². The van der Waals surface area contributed by atoms with Gasteiger partial charge in [-0.25, -0.2) is 4.98 Å². The number of nitrogens with zero attached hydrogens (tertiary/aromatic N) is 2. The van der Waals surface area contributed by atoms with Gasteiger partial charge in [0.25, 0.3) is 0 Å². The first-order valence-electron chi connectivity index (χ1n) is 10.4. The summed E-state index contributed by atoms with van der Waals surface area (Å²) < 4.78 is 2.35. The number of unbranched alkanes of at least 4 members (excludes halogenated alkanes) is 2. The SMILES string of the molecule is CCCC(=O)NCCCCCc1nc2ccccc2n1Cc1ccc(C)cc1. The Morgan fingerprint density at radius 3 is 2.61 bits per heavy atom. The van der Waals surface area contributed by atoms with Crippen LogP contribution in [0.1, 0.15) is 56.0 Å². The lowest BCUT2D eigenvalue weighted by Crippen LogP contribution is -2.23. The van der Waals surface area contributed by atoms with Crippen LogP contribution in [0.25, 0.3) is 11.0 Å². The molecular formula is C24H31N3O. The normalized spacial score (nSPS) is 11.1. The number of carbonyl (C=O) groups excluding carboxylic acids is 1. The molecule has 148 valence electrons. The summed E-state index contributed by atoms with van der Waals surface area (Å²) in [5.74, 6) is 1.32. The average Bonchev–Trinajstić information content (AvgIpc) is 3.04. The number of amides is 1. The molecule has 0 spiro atoms. The van der Waals surface area contributed by atoms with Crippen molar-refractivity contribution >= 4 is 16.9 Å². The lowest BCUT2D eigenvalue weighted by atomic mass is 10.1. The fourth-order valence-electron chi connectivity index (χ4n) is 3.50. The third-order valence-electron chi connectivity index (χ3n) is 5.07. The molecule has 0 bridgehead atoms. The molecule has 0 aliphatic rings. The summed E-state index contributed by atoms with van der Waals surface area (Å²) in [5, 5.41) is 2.99. The van der Waals surface area contributed by atoms with Crippen LogP contribution >= 0.6 is 0 Å². The van der Waals surface area contributed by atoms with E-state index >= 15 is 0 Å². The highest BCUT2D eigenvalue weighted by atomic mass is 16.1. The van der Waals surface area contributed by atoms with Crippen molar-refractivity contribution in [3.63, 3.8) is 0 Å². The molecule has 0 radical (unpaired) electrons. The van der Waals surface area contributed by atoms with Gasteiger partial charge < -0.3 is 9.88 Å². The molecule has 1 heterocycles. The third-order valence-corrected chi connectivity index (χ3v) is 5.07. The van der Waals surface area contributed by atoms with Gasteiger partial charge in [-0.1, -0.05) is 55.3 Å². The Morgan fingerprint density at radius 2 is 1.82 bits per heavy atom. The first kappa shape index (κ1) is 20.1. The second kappa shape index (κ2) is 10.1. The summed E-state index contributed by atoms with van der Waals surface area (Å²) in [4.78, 5) is 16.4. The molecular weight excluding hydrogens is 346 g/mol. The highest BCUT2D eigenvalue weighted by molar-refractivity contribution is 5.76. The molecule has 0 atom stereocenters. The summed E-state index contributed by atoms with van der Waals surface area (Å²) in [6.45, 7) is 5.77. The predicted molar refractivity (Wildman–Crippen MR) is 115 cm³/mol. The topological polar surface area (TPSA) is 46.9 Å². The number of para-hydroxylation sites is 2. The standard InChI is InChI=1S/C24H31N3O/c1-3-9-24(28)25-17-8-4-5-12-23-26-21-10-6-7-11-22(21)27(23)18-20-15-13-19(2)14-16-20/h6-7,10-11,13-16H,3-5,8-9,12,17-18H2,1-2H3,(H,25,28). The molecule has 4 nitrogen and oxygen atoms in total. The van der Waals surface area contributed by atoms with Crippen molar-refractivity contribution in [2.45, 2.75) is 58.9 Å². The summed E-state index contributed by atoms with van der Waals surface area (Å²) >= 11 is 0. The van der Waals surface area contributed by atoms with Crippen LogP contribution in [-0.4, -0.2) is 22.0 Å². The number of rotatable bonds is 10. The first-order chi connectivity index (χ1) is 13.7. The smallest absolute Gasteiger partial charge is 0.219 e. The van der Waals surface area contributed by atoms with Crippen molar-refractivity contribution in [2.75, 3.05) is 6.54 Å². The molecule has 3 rings (SSSR count). The zero-order valence-corrected chi connectivity index (χ0v) is 17.1. The molecule has 4 heteroatoms. The van der Waals surface area contributed by atoms with E-state index in [0.29, 0.717) is 6.42 Å². The molecule has 0 saturated carbocycles. The van der Waals surface area contributed by atoms with Crippen molar-refractivity contribution < 1.29 is 4.79 Å². The Kier molecular flexibility index (Phi) is 7.24. The Labute approximate surface area is 168 Å². The van der Waals surface area contributed by atoms with E-state index in [0.717, 1.165) is 56.5 Å². The van der Waals surface area contributed by atoms with Gasteiger partial charge in [0, 0.05) is 25.9 Å². The molecule has 0 unspecified atom stereocenters. The van der Waals surface area contributed by atoms with Crippen molar-refractivity contribution in [2.24, 2.45) is 0 Å². The zero-order chi connectivity index (χ0) is 19.8.